The van der Waals surface area contributed by atoms with Gasteiger partial charge in [0.05, 0.1) is 0 Å². The third-order valence-electron chi connectivity index (χ3n) is 2.73. The number of benzene rings is 1. The molecule has 1 heterocycles. The number of hydrogen-bond acceptors (Lipinski definition) is 1. The van der Waals surface area contributed by atoms with Gasteiger partial charge < -0.3 is 10.3 Å². The Kier molecular flexibility index (Phi) is 3.42. The second-order valence-corrected chi connectivity index (χ2v) is 4.34. The van der Waals surface area contributed by atoms with E-state index in [0.717, 1.165) is 12.8 Å². The molecule has 0 spiro atoms. The predicted octanol–water partition coefficient (Wildman–Crippen LogP) is 2.14. The molecule has 2 N–H and O–H groups in total. The lowest BCUT2D eigenvalue weighted by Crippen LogP contribution is -2.25. The minimum atomic E-state index is 0.199. The van der Waals surface area contributed by atoms with Gasteiger partial charge in [0, 0.05) is 25.5 Å². The SMILES string of the molecule is Cn1ccc(CC(N)Cc2ccccc2)c1. The molecule has 1 unspecified atom stereocenters. The van der Waals surface area contributed by atoms with Crippen molar-refractivity contribution < 1.29 is 0 Å². The molecule has 0 saturated carbocycles. The fraction of sp³-hybridized carbons (Fsp3) is 0.286. The first kappa shape index (κ1) is 11.0. The van der Waals surface area contributed by atoms with Crippen molar-refractivity contribution in [2.45, 2.75) is 18.9 Å². The third-order valence-corrected chi connectivity index (χ3v) is 2.73. The van der Waals surface area contributed by atoms with Crippen LogP contribution in [0.2, 0.25) is 0 Å². The van der Waals surface area contributed by atoms with Crippen LogP contribution >= 0.6 is 0 Å². The Morgan fingerprint density at radius 2 is 1.75 bits per heavy atom. The fourth-order valence-corrected chi connectivity index (χ4v) is 1.97. The van der Waals surface area contributed by atoms with Gasteiger partial charge in [-0.05, 0) is 30.0 Å². The van der Waals surface area contributed by atoms with Crippen LogP contribution in [0.25, 0.3) is 0 Å². The van der Waals surface area contributed by atoms with Crippen molar-refractivity contribution in [2.75, 3.05) is 0 Å². The van der Waals surface area contributed by atoms with Gasteiger partial charge >= 0.3 is 0 Å². The van der Waals surface area contributed by atoms with Gasteiger partial charge in [0.15, 0.2) is 0 Å². The van der Waals surface area contributed by atoms with E-state index in [1.165, 1.54) is 11.1 Å². The van der Waals surface area contributed by atoms with Gasteiger partial charge in [-0.3, -0.25) is 0 Å². The summed E-state index contributed by atoms with van der Waals surface area (Å²) in [5.74, 6) is 0. The molecule has 0 amide bonds. The van der Waals surface area contributed by atoms with Crippen LogP contribution in [0.15, 0.2) is 48.8 Å². The first-order valence-corrected chi connectivity index (χ1v) is 5.64. The van der Waals surface area contributed by atoms with Gasteiger partial charge in [-0.25, -0.2) is 0 Å². The van der Waals surface area contributed by atoms with Crippen LogP contribution in [0.1, 0.15) is 11.1 Å². The quantitative estimate of drug-likeness (QED) is 0.830. The van der Waals surface area contributed by atoms with Gasteiger partial charge in [0.25, 0.3) is 0 Å². The minimum Gasteiger partial charge on any atom is -0.357 e. The van der Waals surface area contributed by atoms with Crippen molar-refractivity contribution in [3.63, 3.8) is 0 Å². The van der Waals surface area contributed by atoms with Gasteiger partial charge in [0.1, 0.15) is 0 Å². The maximum atomic E-state index is 6.14. The highest BCUT2D eigenvalue weighted by molar-refractivity contribution is 5.17. The van der Waals surface area contributed by atoms with E-state index in [2.05, 4.69) is 47.3 Å². The molecule has 0 fully saturated rings. The Morgan fingerprint density at radius 3 is 2.38 bits per heavy atom. The Balaban J connectivity index is 1.92. The van der Waals surface area contributed by atoms with Crippen molar-refractivity contribution >= 4 is 0 Å². The van der Waals surface area contributed by atoms with Crippen LogP contribution < -0.4 is 5.73 Å². The van der Waals surface area contributed by atoms with Crippen molar-refractivity contribution in [1.29, 1.82) is 0 Å². The Labute approximate surface area is 96.7 Å². The summed E-state index contributed by atoms with van der Waals surface area (Å²) in [6.45, 7) is 0. The normalized spacial score (nSPS) is 12.6. The molecular weight excluding hydrogens is 196 g/mol. The van der Waals surface area contributed by atoms with Crippen molar-refractivity contribution in [1.82, 2.24) is 4.57 Å². The largest absolute Gasteiger partial charge is 0.357 e. The molecule has 2 nitrogen and oxygen atoms in total. The fourth-order valence-electron chi connectivity index (χ4n) is 1.97. The van der Waals surface area contributed by atoms with Gasteiger partial charge in [-0.15, -0.1) is 0 Å². The summed E-state index contributed by atoms with van der Waals surface area (Å²) in [6.07, 6.45) is 6.07. The first-order valence-electron chi connectivity index (χ1n) is 5.64. The number of aromatic nitrogens is 1. The highest BCUT2D eigenvalue weighted by atomic mass is 14.9. The molecule has 0 aliphatic rings. The number of hydrogen-bond donors (Lipinski definition) is 1. The molecular formula is C14H18N2. The van der Waals surface area contributed by atoms with Crippen molar-refractivity contribution in [2.24, 2.45) is 12.8 Å². The monoisotopic (exact) mass is 214 g/mol. The molecule has 1 aromatic heterocycles. The summed E-state index contributed by atoms with van der Waals surface area (Å²) in [5, 5.41) is 0. The Hall–Kier alpha value is -1.54. The van der Waals surface area contributed by atoms with E-state index in [4.69, 9.17) is 5.73 Å². The van der Waals surface area contributed by atoms with E-state index in [1.54, 1.807) is 0 Å². The zero-order valence-corrected chi connectivity index (χ0v) is 9.63. The van der Waals surface area contributed by atoms with Gasteiger partial charge in [-0.2, -0.15) is 0 Å². The van der Waals surface area contributed by atoms with E-state index in [1.807, 2.05) is 13.1 Å². The van der Waals surface area contributed by atoms with Crippen LogP contribution in [0.3, 0.4) is 0 Å². The standard InChI is InChI=1S/C14H18N2/c1-16-8-7-13(11-16)10-14(15)9-12-5-3-2-4-6-12/h2-8,11,14H,9-10,15H2,1H3. The molecule has 0 radical (unpaired) electrons. The highest BCUT2D eigenvalue weighted by Gasteiger charge is 2.05. The Morgan fingerprint density at radius 1 is 1.06 bits per heavy atom. The van der Waals surface area contributed by atoms with E-state index in [-0.39, 0.29) is 6.04 Å². The summed E-state index contributed by atoms with van der Waals surface area (Å²) in [4.78, 5) is 0. The van der Waals surface area contributed by atoms with Crippen molar-refractivity contribution in [3.8, 4) is 0 Å². The van der Waals surface area contributed by atoms with Crippen molar-refractivity contribution in [3.05, 3.63) is 59.9 Å². The van der Waals surface area contributed by atoms with Crippen LogP contribution in [-0.2, 0) is 19.9 Å². The minimum absolute atomic E-state index is 0.199. The summed E-state index contributed by atoms with van der Waals surface area (Å²) >= 11 is 0. The summed E-state index contributed by atoms with van der Waals surface area (Å²) in [7, 11) is 2.03. The molecule has 2 aromatic rings. The molecule has 1 aromatic carbocycles. The number of nitrogens with zero attached hydrogens (tertiary/aromatic N) is 1. The van der Waals surface area contributed by atoms with Crippen LogP contribution in [0.4, 0.5) is 0 Å². The maximum absolute atomic E-state index is 6.14. The van der Waals surface area contributed by atoms with E-state index in [0.29, 0.717) is 0 Å². The lowest BCUT2D eigenvalue weighted by atomic mass is 10.0. The first-order chi connectivity index (χ1) is 7.74. The average Bonchev–Trinajstić information content (AvgIpc) is 2.65. The summed E-state index contributed by atoms with van der Waals surface area (Å²) < 4.78 is 2.06. The Bertz CT molecular complexity index is 431. The summed E-state index contributed by atoms with van der Waals surface area (Å²) in [5.41, 5.74) is 8.76. The molecule has 84 valence electrons. The second kappa shape index (κ2) is 4.99. The zero-order chi connectivity index (χ0) is 11.4. The number of aryl methyl sites for hydroxylation is 1. The predicted molar refractivity (Wildman–Crippen MR) is 67.2 cm³/mol. The lowest BCUT2D eigenvalue weighted by molar-refractivity contribution is 0.664. The second-order valence-electron chi connectivity index (χ2n) is 4.34. The average molecular weight is 214 g/mol. The number of rotatable bonds is 4. The topological polar surface area (TPSA) is 30.9 Å². The molecule has 0 saturated heterocycles. The molecule has 2 rings (SSSR count). The van der Waals surface area contributed by atoms with Gasteiger partial charge in [-0.1, -0.05) is 30.3 Å². The molecule has 2 heteroatoms. The third kappa shape index (κ3) is 2.97. The lowest BCUT2D eigenvalue weighted by Gasteiger charge is -2.10. The van der Waals surface area contributed by atoms with E-state index < -0.39 is 0 Å². The molecule has 0 aliphatic heterocycles. The maximum Gasteiger partial charge on any atom is 0.0120 e. The summed E-state index contributed by atoms with van der Waals surface area (Å²) in [6, 6.07) is 12.7. The smallest absolute Gasteiger partial charge is 0.0120 e. The zero-order valence-electron chi connectivity index (χ0n) is 9.63. The number of nitrogens with two attached hydrogens (primary N) is 1. The van der Waals surface area contributed by atoms with E-state index in [9.17, 15) is 0 Å². The molecule has 0 aliphatic carbocycles. The van der Waals surface area contributed by atoms with Crippen LogP contribution in [-0.4, -0.2) is 10.6 Å². The van der Waals surface area contributed by atoms with E-state index >= 15 is 0 Å². The van der Waals surface area contributed by atoms with Crippen LogP contribution in [0.5, 0.6) is 0 Å². The highest BCUT2D eigenvalue weighted by Crippen LogP contribution is 2.07. The van der Waals surface area contributed by atoms with Gasteiger partial charge in [0.2, 0.25) is 0 Å². The molecule has 0 bridgehead atoms. The molecule has 1 atom stereocenters. The van der Waals surface area contributed by atoms with Crippen LogP contribution in [0, 0.1) is 0 Å². The molecule has 16 heavy (non-hydrogen) atoms.